The number of nitrogens with zero attached hydrogens (tertiary/aromatic N) is 1. The van der Waals surface area contributed by atoms with Crippen molar-refractivity contribution < 1.29 is 31.4 Å². The van der Waals surface area contributed by atoms with Crippen LogP contribution in [-0.2, 0) is 0 Å². The number of nitroso groups, excluding NO2 is 1. The van der Waals surface area contributed by atoms with Crippen molar-refractivity contribution in [1.29, 1.82) is 0 Å². The minimum Gasteiger partial charge on any atom is -0.379 e. The Kier molecular flexibility index (Phi) is 5.67. The summed E-state index contributed by atoms with van der Waals surface area (Å²) in [4.78, 5) is 25.2. The summed E-state index contributed by atoms with van der Waals surface area (Å²) in [5, 5.41) is 15.9. The van der Waals surface area contributed by atoms with Gasteiger partial charge in [-0.1, -0.05) is 6.92 Å². The van der Waals surface area contributed by atoms with E-state index in [1.165, 1.54) is 6.92 Å². The second kappa shape index (κ2) is 8.12. The lowest BCUT2D eigenvalue weighted by Crippen LogP contribution is -2.55. The standard InChI is InChI=1S/C22H17F6N3O3/c1-2-9-8-21(33,22(26,27)28)20(11-7-13(24)17(25)19(31-34)16(9)11)29-14-5-4-12(23)18-10(14)3-6-15(32)30-18/h3-7,9,20,29,33H,2,8H2,1H3,(H,30,32)/t9-,20?,21-/m1/s1. The molecule has 1 aliphatic carbocycles. The van der Waals surface area contributed by atoms with Gasteiger partial charge in [0.1, 0.15) is 5.82 Å². The van der Waals surface area contributed by atoms with E-state index in [2.05, 4.69) is 15.5 Å². The molecule has 180 valence electrons. The Labute approximate surface area is 187 Å². The minimum absolute atomic E-state index is 0.0281. The molecule has 1 unspecified atom stereocenters. The summed E-state index contributed by atoms with van der Waals surface area (Å²) in [5.74, 6) is -5.24. The molecule has 0 fully saturated rings. The summed E-state index contributed by atoms with van der Waals surface area (Å²) < 4.78 is 85.6. The number of benzene rings is 2. The summed E-state index contributed by atoms with van der Waals surface area (Å²) in [7, 11) is 0. The first kappa shape index (κ1) is 23.7. The van der Waals surface area contributed by atoms with Gasteiger partial charge in [-0.2, -0.15) is 13.2 Å². The second-order valence-corrected chi connectivity index (χ2v) is 8.13. The Balaban J connectivity index is 2.01. The smallest absolute Gasteiger partial charge is 0.379 e. The SMILES string of the molecule is CC[C@@H]1C[C@](O)(C(F)(F)F)C(Nc2ccc(F)c3[nH]c(=O)ccc23)c2cc(F)c(F)c(N=O)c21. The highest BCUT2D eigenvalue weighted by atomic mass is 19.4. The highest BCUT2D eigenvalue weighted by Crippen LogP contribution is 2.55. The Hall–Kier alpha value is -3.41. The number of H-pyrrole nitrogens is 1. The van der Waals surface area contributed by atoms with Gasteiger partial charge < -0.3 is 15.4 Å². The van der Waals surface area contributed by atoms with E-state index in [0.717, 1.165) is 24.3 Å². The third kappa shape index (κ3) is 3.52. The van der Waals surface area contributed by atoms with Crippen molar-refractivity contribution in [2.24, 2.45) is 5.18 Å². The van der Waals surface area contributed by atoms with Gasteiger partial charge in [0.2, 0.25) is 5.56 Å². The largest absolute Gasteiger partial charge is 0.419 e. The van der Waals surface area contributed by atoms with Gasteiger partial charge in [-0.05, 0) is 59.3 Å². The van der Waals surface area contributed by atoms with Crippen LogP contribution in [0.5, 0.6) is 0 Å². The molecule has 0 bridgehead atoms. The summed E-state index contributed by atoms with van der Waals surface area (Å²) >= 11 is 0. The average molecular weight is 485 g/mol. The zero-order chi connectivity index (χ0) is 25.0. The van der Waals surface area contributed by atoms with Gasteiger partial charge >= 0.3 is 6.18 Å². The molecule has 0 spiro atoms. The molecular weight excluding hydrogens is 468 g/mol. The van der Waals surface area contributed by atoms with Crippen LogP contribution < -0.4 is 10.9 Å². The van der Waals surface area contributed by atoms with Gasteiger partial charge in [-0.25, -0.2) is 13.2 Å². The third-order valence-electron chi connectivity index (χ3n) is 6.24. The lowest BCUT2D eigenvalue weighted by atomic mass is 9.69. The molecule has 34 heavy (non-hydrogen) atoms. The number of nitrogens with one attached hydrogen (secondary N) is 2. The lowest BCUT2D eigenvalue weighted by molar-refractivity contribution is -0.272. The number of alkyl halides is 3. The summed E-state index contributed by atoms with van der Waals surface area (Å²) in [5.41, 5.74) is -6.30. The fourth-order valence-corrected chi connectivity index (χ4v) is 4.58. The van der Waals surface area contributed by atoms with Crippen molar-refractivity contribution in [3.05, 3.63) is 74.2 Å². The molecule has 0 saturated carbocycles. The molecule has 1 aliphatic rings. The van der Waals surface area contributed by atoms with Crippen LogP contribution in [0.3, 0.4) is 0 Å². The molecule has 6 nitrogen and oxygen atoms in total. The van der Waals surface area contributed by atoms with Crippen molar-refractivity contribution in [2.75, 3.05) is 5.32 Å². The Morgan fingerprint density at radius 3 is 2.50 bits per heavy atom. The molecule has 1 aromatic heterocycles. The number of rotatable bonds is 4. The molecule has 4 rings (SSSR count). The van der Waals surface area contributed by atoms with E-state index < -0.39 is 64.4 Å². The first-order valence-corrected chi connectivity index (χ1v) is 10.1. The molecule has 3 atom stereocenters. The highest BCUT2D eigenvalue weighted by molar-refractivity contribution is 5.91. The Morgan fingerprint density at radius 1 is 1.18 bits per heavy atom. The number of pyridine rings is 1. The molecule has 12 heteroatoms. The van der Waals surface area contributed by atoms with E-state index in [9.17, 15) is 41.2 Å². The van der Waals surface area contributed by atoms with E-state index in [-0.39, 0.29) is 28.6 Å². The molecule has 1 heterocycles. The van der Waals surface area contributed by atoms with Gasteiger partial charge in [0.25, 0.3) is 0 Å². The maximum Gasteiger partial charge on any atom is 0.419 e. The van der Waals surface area contributed by atoms with Crippen LogP contribution in [0.25, 0.3) is 10.9 Å². The van der Waals surface area contributed by atoms with Crippen molar-refractivity contribution in [3.8, 4) is 0 Å². The van der Waals surface area contributed by atoms with Gasteiger partial charge in [-0.15, -0.1) is 4.91 Å². The van der Waals surface area contributed by atoms with Gasteiger partial charge in [0, 0.05) is 17.1 Å². The number of aromatic nitrogens is 1. The normalized spacial score (nSPS) is 22.5. The van der Waals surface area contributed by atoms with Crippen LogP contribution in [0.1, 0.15) is 42.9 Å². The maximum absolute atomic E-state index is 14.3. The number of anilines is 1. The Morgan fingerprint density at radius 2 is 1.88 bits per heavy atom. The summed E-state index contributed by atoms with van der Waals surface area (Å²) in [6.07, 6.45) is -6.24. The van der Waals surface area contributed by atoms with E-state index >= 15 is 0 Å². The maximum atomic E-state index is 14.3. The highest BCUT2D eigenvalue weighted by Gasteiger charge is 2.62. The zero-order valence-corrected chi connectivity index (χ0v) is 17.4. The molecule has 3 N–H and O–H groups in total. The third-order valence-corrected chi connectivity index (χ3v) is 6.24. The van der Waals surface area contributed by atoms with Crippen LogP contribution >= 0.6 is 0 Å². The van der Waals surface area contributed by atoms with Crippen LogP contribution in [0, 0.1) is 22.4 Å². The molecule has 2 aromatic carbocycles. The fraction of sp³-hybridized carbons (Fsp3) is 0.318. The Bertz CT molecular complexity index is 1360. The van der Waals surface area contributed by atoms with Crippen molar-refractivity contribution in [3.63, 3.8) is 0 Å². The molecule has 0 aliphatic heterocycles. The van der Waals surface area contributed by atoms with E-state index in [1.807, 2.05) is 0 Å². The van der Waals surface area contributed by atoms with Gasteiger partial charge in [0.15, 0.2) is 22.9 Å². The molecule has 0 radical (unpaired) electrons. The number of aromatic amines is 1. The average Bonchev–Trinajstić information content (AvgIpc) is 2.77. The van der Waals surface area contributed by atoms with Crippen molar-refractivity contribution in [1.82, 2.24) is 4.98 Å². The zero-order valence-electron chi connectivity index (χ0n) is 17.4. The minimum atomic E-state index is -5.24. The lowest BCUT2D eigenvalue weighted by Gasteiger charge is -2.46. The molecular formula is C22H17F6N3O3. The van der Waals surface area contributed by atoms with E-state index in [4.69, 9.17) is 0 Å². The van der Waals surface area contributed by atoms with Crippen LogP contribution in [0.4, 0.5) is 37.7 Å². The number of hydrogen-bond donors (Lipinski definition) is 3. The predicted molar refractivity (Wildman–Crippen MR) is 111 cm³/mol. The van der Waals surface area contributed by atoms with Crippen LogP contribution in [0.2, 0.25) is 0 Å². The molecule has 0 amide bonds. The number of fused-ring (bicyclic) bond motifs is 2. The summed E-state index contributed by atoms with van der Waals surface area (Å²) in [6.45, 7) is 1.47. The second-order valence-electron chi connectivity index (χ2n) is 8.13. The van der Waals surface area contributed by atoms with E-state index in [1.54, 1.807) is 0 Å². The predicted octanol–water partition coefficient (Wildman–Crippen LogP) is 5.69. The fourth-order valence-electron chi connectivity index (χ4n) is 4.58. The van der Waals surface area contributed by atoms with E-state index in [0.29, 0.717) is 6.07 Å². The topological polar surface area (TPSA) is 94.6 Å². The first-order valence-electron chi connectivity index (χ1n) is 10.1. The van der Waals surface area contributed by atoms with Crippen LogP contribution in [-0.4, -0.2) is 21.9 Å². The van der Waals surface area contributed by atoms with Crippen molar-refractivity contribution in [2.45, 2.75) is 43.5 Å². The van der Waals surface area contributed by atoms with Gasteiger partial charge in [0.05, 0.1) is 11.6 Å². The number of halogens is 6. The quantitative estimate of drug-likeness (QED) is 0.327. The summed E-state index contributed by atoms with van der Waals surface area (Å²) in [6, 6.07) is 2.51. The monoisotopic (exact) mass is 485 g/mol. The number of hydrogen-bond acceptors (Lipinski definition) is 5. The number of aliphatic hydroxyl groups is 1. The van der Waals surface area contributed by atoms with Gasteiger partial charge in [-0.3, -0.25) is 4.79 Å². The van der Waals surface area contributed by atoms with Crippen molar-refractivity contribution >= 4 is 22.3 Å². The molecule has 0 saturated heterocycles. The van der Waals surface area contributed by atoms with Crippen LogP contribution in [0.15, 0.2) is 40.3 Å². The molecule has 3 aromatic rings. The first-order chi connectivity index (χ1) is 15.9.